The van der Waals surface area contributed by atoms with Gasteiger partial charge in [-0.15, -0.1) is 0 Å². The highest BCUT2D eigenvalue weighted by atomic mass is 16.3. The van der Waals surface area contributed by atoms with Gasteiger partial charge in [0.2, 0.25) is 5.91 Å². The van der Waals surface area contributed by atoms with E-state index >= 15 is 0 Å². The van der Waals surface area contributed by atoms with E-state index in [9.17, 15) is 9.59 Å². The highest BCUT2D eigenvalue weighted by Gasteiger charge is 2.26. The van der Waals surface area contributed by atoms with E-state index in [0.717, 1.165) is 28.6 Å². The van der Waals surface area contributed by atoms with Crippen LogP contribution in [0.15, 0.2) is 65.4 Å². The Labute approximate surface area is 235 Å². The normalized spacial score (nSPS) is 15.4. The molecule has 9 heteroatoms. The summed E-state index contributed by atoms with van der Waals surface area (Å²) in [6.07, 6.45) is 8.63. The molecule has 0 spiro atoms. The van der Waals surface area contributed by atoms with Gasteiger partial charge in [0.25, 0.3) is 5.91 Å². The van der Waals surface area contributed by atoms with E-state index in [2.05, 4.69) is 41.7 Å². The van der Waals surface area contributed by atoms with E-state index in [1.807, 2.05) is 11.0 Å². The lowest BCUT2D eigenvalue weighted by molar-refractivity contribution is -0.130. The largest absolute Gasteiger partial charge is 0.449 e. The average molecular weight is 543 g/mol. The third kappa shape index (κ3) is 6.15. The molecule has 2 aliphatic rings. The lowest BCUT2D eigenvalue weighted by Gasteiger charge is -2.28. The summed E-state index contributed by atoms with van der Waals surface area (Å²) in [6.45, 7) is 2.21. The molecule has 9 nitrogen and oxygen atoms in total. The molecule has 0 atom stereocenters. The van der Waals surface area contributed by atoms with Crippen LogP contribution in [0.1, 0.15) is 58.8 Å². The zero-order valence-corrected chi connectivity index (χ0v) is 23.2. The van der Waals surface area contributed by atoms with Crippen LogP contribution in [0, 0.1) is 0 Å². The second-order valence-electron chi connectivity index (χ2n) is 10.7. The van der Waals surface area contributed by atoms with Gasteiger partial charge in [0.15, 0.2) is 11.3 Å². The second kappa shape index (κ2) is 11.9. The number of hydrogen-bond donors (Lipinski definition) is 3. The van der Waals surface area contributed by atoms with Gasteiger partial charge in [0.1, 0.15) is 0 Å². The Morgan fingerprint density at radius 1 is 1.18 bits per heavy atom. The SMILES string of the molecule is CN(C)C(=O)c1cc2cc(C3=CCCN(C(=O)CCN(N)/C=C\N)C3)cc(NCc3ccccc3C3CC3)c2o1. The Morgan fingerprint density at radius 3 is 2.73 bits per heavy atom. The number of rotatable bonds is 10. The summed E-state index contributed by atoms with van der Waals surface area (Å²) in [5, 5.41) is 5.86. The fraction of sp³-hybridized carbons (Fsp3) is 0.355. The van der Waals surface area contributed by atoms with Crippen molar-refractivity contribution in [3.63, 3.8) is 0 Å². The molecule has 40 heavy (non-hydrogen) atoms. The Morgan fingerprint density at radius 2 is 1.98 bits per heavy atom. The first-order chi connectivity index (χ1) is 19.3. The van der Waals surface area contributed by atoms with E-state index in [1.54, 1.807) is 26.4 Å². The predicted octanol–water partition coefficient (Wildman–Crippen LogP) is 4.24. The Balaban J connectivity index is 1.41. The zero-order valence-electron chi connectivity index (χ0n) is 23.2. The molecule has 1 aliphatic carbocycles. The van der Waals surface area contributed by atoms with E-state index in [4.69, 9.17) is 16.0 Å². The number of carbonyl (C=O) groups is 2. The molecule has 1 fully saturated rings. The van der Waals surface area contributed by atoms with E-state index < -0.39 is 0 Å². The van der Waals surface area contributed by atoms with E-state index in [0.29, 0.717) is 49.9 Å². The molecule has 1 aliphatic heterocycles. The molecule has 0 unspecified atom stereocenters. The lowest BCUT2D eigenvalue weighted by Crippen LogP contribution is -2.38. The zero-order chi connectivity index (χ0) is 28.2. The minimum Gasteiger partial charge on any atom is -0.449 e. The van der Waals surface area contributed by atoms with Crippen LogP contribution in [-0.2, 0) is 11.3 Å². The highest BCUT2D eigenvalue weighted by Crippen LogP contribution is 2.42. The number of nitrogens with zero attached hydrogens (tertiary/aromatic N) is 3. The summed E-state index contributed by atoms with van der Waals surface area (Å²) >= 11 is 0. The van der Waals surface area contributed by atoms with Gasteiger partial charge in [-0.05, 0) is 65.6 Å². The van der Waals surface area contributed by atoms with Crippen LogP contribution < -0.4 is 16.9 Å². The number of carbonyl (C=O) groups excluding carboxylic acids is 2. The average Bonchev–Trinajstić information content (AvgIpc) is 3.72. The van der Waals surface area contributed by atoms with Crippen molar-refractivity contribution < 1.29 is 14.0 Å². The lowest BCUT2D eigenvalue weighted by atomic mass is 9.98. The molecule has 1 aromatic heterocycles. The summed E-state index contributed by atoms with van der Waals surface area (Å²) in [6, 6.07) is 14.5. The Kier molecular flexibility index (Phi) is 8.11. The summed E-state index contributed by atoms with van der Waals surface area (Å²) in [5.74, 6) is 6.64. The van der Waals surface area contributed by atoms with E-state index in [1.165, 1.54) is 40.1 Å². The monoisotopic (exact) mass is 542 g/mol. The number of hydrogen-bond acceptors (Lipinski definition) is 7. The number of furan rings is 1. The summed E-state index contributed by atoms with van der Waals surface area (Å²) < 4.78 is 6.11. The number of benzene rings is 2. The van der Waals surface area contributed by atoms with Gasteiger partial charge in [0, 0.05) is 64.5 Å². The summed E-state index contributed by atoms with van der Waals surface area (Å²) in [7, 11) is 3.42. The third-order valence-electron chi connectivity index (χ3n) is 7.51. The maximum atomic E-state index is 12.9. The fourth-order valence-electron chi connectivity index (χ4n) is 5.21. The standard InChI is InChI=1S/C31H38N6O3/c1-35(2)31(39)28-18-25-16-24(23-7-5-13-36(20-23)29(38)11-14-37(33)15-12-32)17-27(30(25)40-28)34-19-22-6-3-4-8-26(22)21-9-10-21/h3-4,6-8,12,15-18,21,34H,5,9-11,13-14,19-20,32-33H2,1-2H3/b15-12-. The molecule has 0 saturated heterocycles. The van der Waals surface area contributed by atoms with Crippen molar-refractivity contribution in [3.8, 4) is 0 Å². The number of hydrazine groups is 1. The number of anilines is 1. The summed E-state index contributed by atoms with van der Waals surface area (Å²) in [4.78, 5) is 29.0. The van der Waals surface area contributed by atoms with Crippen molar-refractivity contribution >= 4 is 34.0 Å². The molecular weight excluding hydrogens is 504 g/mol. The molecule has 1 saturated carbocycles. The van der Waals surface area contributed by atoms with Gasteiger partial charge in [-0.3, -0.25) is 9.59 Å². The first-order valence-electron chi connectivity index (χ1n) is 13.8. The third-order valence-corrected chi connectivity index (χ3v) is 7.51. The molecular formula is C31H38N6O3. The summed E-state index contributed by atoms with van der Waals surface area (Å²) in [5.41, 5.74) is 11.6. The van der Waals surface area contributed by atoms with Crippen LogP contribution in [0.25, 0.3) is 16.5 Å². The molecule has 210 valence electrons. The molecule has 2 heterocycles. The number of fused-ring (bicyclic) bond motifs is 1. The van der Waals surface area contributed by atoms with Crippen LogP contribution in [-0.4, -0.2) is 60.4 Å². The quantitative estimate of drug-likeness (QED) is 0.259. The van der Waals surface area contributed by atoms with Crippen LogP contribution in [0.5, 0.6) is 0 Å². The predicted molar refractivity (Wildman–Crippen MR) is 158 cm³/mol. The van der Waals surface area contributed by atoms with Crippen molar-refractivity contribution in [2.45, 2.75) is 38.1 Å². The van der Waals surface area contributed by atoms with Crippen molar-refractivity contribution in [3.05, 3.63) is 83.4 Å². The molecule has 0 radical (unpaired) electrons. The minimum absolute atomic E-state index is 0.0461. The molecule has 5 rings (SSSR count). The van der Waals surface area contributed by atoms with Crippen molar-refractivity contribution in [2.75, 3.05) is 39.0 Å². The number of amides is 2. The van der Waals surface area contributed by atoms with Crippen LogP contribution >= 0.6 is 0 Å². The Bertz CT molecular complexity index is 1450. The number of nitrogens with two attached hydrogens (primary N) is 2. The van der Waals surface area contributed by atoms with Gasteiger partial charge in [0.05, 0.1) is 5.69 Å². The maximum Gasteiger partial charge on any atom is 0.289 e. The first kappa shape index (κ1) is 27.3. The first-order valence-corrected chi connectivity index (χ1v) is 13.8. The van der Waals surface area contributed by atoms with Crippen LogP contribution in [0.4, 0.5) is 5.69 Å². The highest BCUT2D eigenvalue weighted by molar-refractivity contribution is 6.00. The molecule has 3 aromatic rings. The van der Waals surface area contributed by atoms with E-state index in [-0.39, 0.29) is 11.8 Å². The van der Waals surface area contributed by atoms with Gasteiger partial charge < -0.3 is 30.3 Å². The topological polar surface area (TPSA) is 121 Å². The Hall–Kier alpha value is -4.24. The van der Waals surface area contributed by atoms with Gasteiger partial charge in [-0.2, -0.15) is 0 Å². The van der Waals surface area contributed by atoms with Gasteiger partial charge in [-0.25, -0.2) is 5.84 Å². The molecule has 5 N–H and O–H groups in total. The number of nitrogens with one attached hydrogen (secondary N) is 1. The smallest absolute Gasteiger partial charge is 0.289 e. The van der Waals surface area contributed by atoms with Crippen molar-refractivity contribution in [1.82, 2.24) is 14.8 Å². The van der Waals surface area contributed by atoms with Gasteiger partial charge >= 0.3 is 0 Å². The van der Waals surface area contributed by atoms with Crippen LogP contribution in [0.3, 0.4) is 0 Å². The van der Waals surface area contributed by atoms with Crippen molar-refractivity contribution in [1.29, 1.82) is 0 Å². The van der Waals surface area contributed by atoms with Crippen LogP contribution in [0.2, 0.25) is 0 Å². The molecule has 2 aromatic carbocycles. The minimum atomic E-state index is -0.185. The van der Waals surface area contributed by atoms with Gasteiger partial charge in [-0.1, -0.05) is 30.3 Å². The second-order valence-corrected chi connectivity index (χ2v) is 10.7. The van der Waals surface area contributed by atoms with Crippen molar-refractivity contribution in [2.24, 2.45) is 11.6 Å². The molecule has 0 bridgehead atoms. The fourth-order valence-corrected chi connectivity index (χ4v) is 5.21. The maximum absolute atomic E-state index is 12.9. The molecule has 2 amide bonds.